The highest BCUT2D eigenvalue weighted by atomic mass is 16.5. The molecule has 2 N–H and O–H groups in total. The van der Waals surface area contributed by atoms with E-state index in [-0.39, 0.29) is 24.5 Å². The molecule has 32 heavy (non-hydrogen) atoms. The van der Waals surface area contributed by atoms with Gasteiger partial charge in [0.1, 0.15) is 17.6 Å². The van der Waals surface area contributed by atoms with E-state index in [9.17, 15) is 24.6 Å². The third-order valence-electron chi connectivity index (χ3n) is 8.62. The van der Waals surface area contributed by atoms with Crippen LogP contribution in [-0.4, -0.2) is 80.3 Å². The normalized spacial score (nSPS) is 39.8. The van der Waals surface area contributed by atoms with Crippen LogP contribution in [0.25, 0.3) is 0 Å². The third-order valence-corrected chi connectivity index (χ3v) is 8.62. The first-order valence-corrected chi connectivity index (χ1v) is 11.9. The molecule has 0 aromatic rings. The molecule has 8 heteroatoms. The molecule has 7 atom stereocenters. The summed E-state index contributed by atoms with van der Waals surface area (Å²) in [5, 5.41) is 20.0. The first-order chi connectivity index (χ1) is 15.1. The van der Waals surface area contributed by atoms with E-state index in [1.807, 2.05) is 11.8 Å². The van der Waals surface area contributed by atoms with Gasteiger partial charge in [0.2, 0.25) is 11.8 Å². The molecule has 3 heterocycles. The number of carboxylic acids is 1. The summed E-state index contributed by atoms with van der Waals surface area (Å²) in [7, 11) is 0. The van der Waals surface area contributed by atoms with Crippen molar-refractivity contribution >= 4 is 17.8 Å². The maximum absolute atomic E-state index is 14.2. The molecule has 3 unspecified atom stereocenters. The standard InChI is InChI=1S/C24H36N2O6/c1-5-11-25(16-9-7-6-8-10-16)21(29)19-24-12-14(2)23(4,32-24)18(22(30)31)17(24)20(28)26(19)15(3)13-27/h5,14-19,27H,1,6-13H2,2-4H3,(H,30,31)/t14?,15-,17+,18-,19?,23+,24?/m1/s1. The van der Waals surface area contributed by atoms with Crippen LogP contribution in [0, 0.1) is 17.8 Å². The molecule has 0 aromatic carbocycles. The third kappa shape index (κ3) is 3.05. The number of fused-ring (bicyclic) bond motifs is 1. The van der Waals surface area contributed by atoms with Crippen LogP contribution in [0.3, 0.4) is 0 Å². The van der Waals surface area contributed by atoms with E-state index in [0.29, 0.717) is 13.0 Å². The molecule has 0 aromatic heterocycles. The lowest BCUT2D eigenvalue weighted by molar-refractivity contribution is -0.160. The second kappa shape index (κ2) is 8.13. The van der Waals surface area contributed by atoms with E-state index in [2.05, 4.69) is 6.58 Å². The SMILES string of the molecule is C=CCN(C(=O)C1N([C@H](C)CO)C(=O)[C@@H]2[C@H](C(=O)O)[C@@]3(C)OC12CC3C)C1CCCCC1. The van der Waals surface area contributed by atoms with Gasteiger partial charge < -0.3 is 24.7 Å². The summed E-state index contributed by atoms with van der Waals surface area (Å²) in [6, 6.07) is -1.50. The number of amides is 2. The lowest BCUT2D eigenvalue weighted by Gasteiger charge is -2.42. The van der Waals surface area contributed by atoms with Gasteiger partial charge in [0, 0.05) is 12.6 Å². The molecule has 3 aliphatic heterocycles. The van der Waals surface area contributed by atoms with Crippen molar-refractivity contribution in [1.82, 2.24) is 9.80 Å². The average molecular weight is 449 g/mol. The minimum atomic E-state index is -1.19. The Kier molecular flexibility index (Phi) is 5.91. The van der Waals surface area contributed by atoms with Gasteiger partial charge in [0.15, 0.2) is 0 Å². The van der Waals surface area contributed by atoms with Crippen molar-refractivity contribution in [2.24, 2.45) is 17.8 Å². The molecule has 8 nitrogen and oxygen atoms in total. The Hall–Kier alpha value is -1.93. The van der Waals surface area contributed by atoms with Gasteiger partial charge >= 0.3 is 5.97 Å². The first-order valence-electron chi connectivity index (χ1n) is 11.9. The topological polar surface area (TPSA) is 107 Å². The highest BCUT2D eigenvalue weighted by Crippen LogP contribution is 2.65. The van der Waals surface area contributed by atoms with Gasteiger partial charge in [-0.15, -0.1) is 6.58 Å². The second-order valence-corrected chi connectivity index (χ2v) is 10.4. The maximum atomic E-state index is 14.2. The second-order valence-electron chi connectivity index (χ2n) is 10.4. The van der Waals surface area contributed by atoms with Crippen molar-refractivity contribution in [2.45, 2.75) is 88.6 Å². The summed E-state index contributed by atoms with van der Waals surface area (Å²) in [5.41, 5.74) is -2.20. The van der Waals surface area contributed by atoms with Gasteiger partial charge in [-0.05, 0) is 39.0 Å². The average Bonchev–Trinajstić information content (AvgIpc) is 3.28. The number of rotatable bonds is 7. The summed E-state index contributed by atoms with van der Waals surface area (Å²) in [6.45, 7) is 9.29. The minimum Gasteiger partial charge on any atom is -0.481 e. The number of carbonyl (C=O) groups excluding carboxylic acids is 2. The van der Waals surface area contributed by atoms with Crippen LogP contribution >= 0.6 is 0 Å². The van der Waals surface area contributed by atoms with E-state index in [1.54, 1.807) is 19.9 Å². The van der Waals surface area contributed by atoms with Gasteiger partial charge in [-0.2, -0.15) is 0 Å². The number of likely N-dealkylation sites (tertiary alicyclic amines) is 1. The number of hydrogen-bond donors (Lipinski definition) is 2. The Morgan fingerprint density at radius 2 is 2.00 bits per heavy atom. The number of aliphatic carboxylic acids is 1. The van der Waals surface area contributed by atoms with Gasteiger partial charge in [-0.1, -0.05) is 32.3 Å². The summed E-state index contributed by atoms with van der Waals surface area (Å²) in [5.74, 6) is -3.74. The highest BCUT2D eigenvalue weighted by Gasteiger charge is 2.80. The van der Waals surface area contributed by atoms with Crippen molar-refractivity contribution in [3.05, 3.63) is 12.7 Å². The van der Waals surface area contributed by atoms with E-state index in [4.69, 9.17) is 4.74 Å². The number of carboxylic acid groups (broad SMARTS) is 1. The van der Waals surface area contributed by atoms with Crippen LogP contribution in [0.4, 0.5) is 0 Å². The number of hydrogen-bond acceptors (Lipinski definition) is 5. The van der Waals surface area contributed by atoms with Crippen molar-refractivity contribution in [3.63, 3.8) is 0 Å². The Morgan fingerprint density at radius 1 is 1.34 bits per heavy atom. The molecule has 0 radical (unpaired) electrons. The smallest absolute Gasteiger partial charge is 0.310 e. The monoisotopic (exact) mass is 448 g/mol. The summed E-state index contributed by atoms with van der Waals surface area (Å²) in [4.78, 5) is 43.5. The zero-order valence-electron chi connectivity index (χ0n) is 19.3. The van der Waals surface area contributed by atoms with Crippen LogP contribution in [-0.2, 0) is 19.1 Å². The molecule has 1 aliphatic carbocycles. The molecule has 178 valence electrons. The Morgan fingerprint density at radius 3 is 2.56 bits per heavy atom. The summed E-state index contributed by atoms with van der Waals surface area (Å²) in [6.07, 6.45) is 7.20. The largest absolute Gasteiger partial charge is 0.481 e. The number of nitrogens with zero attached hydrogens (tertiary/aromatic N) is 2. The van der Waals surface area contributed by atoms with Gasteiger partial charge in [-0.25, -0.2) is 0 Å². The van der Waals surface area contributed by atoms with Crippen molar-refractivity contribution in [1.29, 1.82) is 0 Å². The molecule has 4 fully saturated rings. The van der Waals surface area contributed by atoms with Crippen LogP contribution < -0.4 is 0 Å². The van der Waals surface area contributed by atoms with E-state index in [0.717, 1.165) is 32.1 Å². The van der Waals surface area contributed by atoms with Gasteiger partial charge in [-0.3, -0.25) is 14.4 Å². The minimum absolute atomic E-state index is 0.0629. The van der Waals surface area contributed by atoms with Crippen LogP contribution in [0.2, 0.25) is 0 Å². The number of ether oxygens (including phenoxy) is 1. The number of aliphatic hydroxyl groups is 1. The van der Waals surface area contributed by atoms with Crippen LogP contribution in [0.1, 0.15) is 59.3 Å². The molecule has 1 saturated carbocycles. The van der Waals surface area contributed by atoms with Crippen molar-refractivity contribution in [3.8, 4) is 0 Å². The lowest BCUT2D eigenvalue weighted by Crippen LogP contribution is -2.60. The molecular weight excluding hydrogens is 412 g/mol. The predicted octanol–water partition coefficient (Wildman–Crippen LogP) is 1.81. The molecule has 2 amide bonds. The van der Waals surface area contributed by atoms with Crippen molar-refractivity contribution < 1.29 is 29.3 Å². The molecular formula is C24H36N2O6. The zero-order valence-corrected chi connectivity index (χ0v) is 19.3. The van der Waals surface area contributed by atoms with Crippen LogP contribution in [0.15, 0.2) is 12.7 Å². The van der Waals surface area contributed by atoms with E-state index in [1.165, 1.54) is 4.90 Å². The molecule has 4 aliphatic rings. The zero-order chi connectivity index (χ0) is 23.4. The summed E-state index contributed by atoms with van der Waals surface area (Å²) >= 11 is 0. The molecule has 4 rings (SSSR count). The fraction of sp³-hybridized carbons (Fsp3) is 0.792. The van der Waals surface area contributed by atoms with Gasteiger partial charge in [0.25, 0.3) is 0 Å². The fourth-order valence-electron chi connectivity index (χ4n) is 7.00. The number of aliphatic hydroxyl groups excluding tert-OH is 1. The van der Waals surface area contributed by atoms with Crippen molar-refractivity contribution in [2.75, 3.05) is 13.2 Å². The fourth-order valence-corrected chi connectivity index (χ4v) is 7.00. The Balaban J connectivity index is 1.81. The lowest BCUT2D eigenvalue weighted by atomic mass is 9.62. The van der Waals surface area contributed by atoms with Crippen LogP contribution in [0.5, 0.6) is 0 Å². The quantitative estimate of drug-likeness (QED) is 0.575. The highest BCUT2D eigenvalue weighted by molar-refractivity contribution is 5.98. The summed E-state index contributed by atoms with van der Waals surface area (Å²) < 4.78 is 6.50. The Bertz CT molecular complexity index is 810. The Labute approximate surface area is 189 Å². The van der Waals surface area contributed by atoms with E-state index >= 15 is 0 Å². The predicted molar refractivity (Wildman–Crippen MR) is 117 cm³/mol. The molecule has 3 saturated heterocycles. The molecule has 2 bridgehead atoms. The first kappa shape index (κ1) is 23.2. The van der Waals surface area contributed by atoms with E-state index < -0.39 is 47.0 Å². The van der Waals surface area contributed by atoms with Gasteiger partial charge in [0.05, 0.1) is 24.2 Å². The molecule has 1 spiro atoms. The number of carbonyl (C=O) groups is 3. The maximum Gasteiger partial charge on any atom is 0.310 e.